The molecule has 2 aliphatic rings. The van der Waals surface area contributed by atoms with Crippen LogP contribution in [0.1, 0.15) is 30.4 Å². The summed E-state index contributed by atoms with van der Waals surface area (Å²) in [5, 5.41) is 6.12. The van der Waals surface area contributed by atoms with Crippen molar-refractivity contribution in [2.24, 2.45) is 0 Å². The number of amides is 2. The number of benzene rings is 2. The second-order valence-corrected chi connectivity index (χ2v) is 7.78. The van der Waals surface area contributed by atoms with E-state index in [4.69, 9.17) is 0 Å². The monoisotopic (exact) mass is 377 g/mol. The Balaban J connectivity index is 1.38. The minimum atomic E-state index is -0.399. The van der Waals surface area contributed by atoms with Crippen LogP contribution in [-0.2, 0) is 21.5 Å². The van der Waals surface area contributed by atoms with E-state index in [0.29, 0.717) is 6.54 Å². The van der Waals surface area contributed by atoms with Gasteiger partial charge >= 0.3 is 0 Å². The van der Waals surface area contributed by atoms with Gasteiger partial charge in [0.05, 0.1) is 18.0 Å². The minimum absolute atomic E-state index is 0.0426. The van der Waals surface area contributed by atoms with Gasteiger partial charge in [0.2, 0.25) is 11.8 Å². The maximum Gasteiger partial charge on any atom is 0.237 e. The summed E-state index contributed by atoms with van der Waals surface area (Å²) in [5.41, 5.74) is 2.16. The third-order valence-corrected chi connectivity index (χ3v) is 5.81. The summed E-state index contributed by atoms with van der Waals surface area (Å²) in [4.78, 5) is 27.4. The molecule has 2 fully saturated rings. The van der Waals surface area contributed by atoms with Gasteiger partial charge in [-0.25, -0.2) is 0 Å². The SMILES string of the molecule is O=C(C[C@H]1C(=O)NCCN1CCc1ccccc1)NC1(c2ccccc2)CC1. The lowest BCUT2D eigenvalue weighted by molar-refractivity contribution is -0.134. The molecule has 2 amide bonds. The third kappa shape index (κ3) is 4.25. The maximum atomic E-state index is 12.8. The van der Waals surface area contributed by atoms with E-state index in [1.165, 1.54) is 5.56 Å². The van der Waals surface area contributed by atoms with Crippen molar-refractivity contribution < 1.29 is 9.59 Å². The molecule has 1 saturated heterocycles. The van der Waals surface area contributed by atoms with Crippen molar-refractivity contribution in [2.75, 3.05) is 19.6 Å². The van der Waals surface area contributed by atoms with E-state index in [0.717, 1.165) is 37.9 Å². The van der Waals surface area contributed by atoms with E-state index < -0.39 is 6.04 Å². The number of piperazine rings is 1. The van der Waals surface area contributed by atoms with Crippen molar-refractivity contribution >= 4 is 11.8 Å². The minimum Gasteiger partial charge on any atom is -0.353 e. The second-order valence-electron chi connectivity index (χ2n) is 7.78. The van der Waals surface area contributed by atoms with E-state index >= 15 is 0 Å². The number of hydrogen-bond donors (Lipinski definition) is 2. The van der Waals surface area contributed by atoms with Gasteiger partial charge in [-0.05, 0) is 30.4 Å². The number of nitrogens with one attached hydrogen (secondary N) is 2. The molecule has 1 aliphatic carbocycles. The Morgan fingerprint density at radius 1 is 1.07 bits per heavy atom. The molecule has 28 heavy (non-hydrogen) atoms. The molecule has 0 aromatic heterocycles. The van der Waals surface area contributed by atoms with E-state index in [1.807, 2.05) is 36.4 Å². The molecule has 2 aromatic rings. The van der Waals surface area contributed by atoms with E-state index in [2.05, 4.69) is 39.8 Å². The first kappa shape index (κ1) is 18.7. The number of nitrogens with zero attached hydrogens (tertiary/aromatic N) is 1. The number of carbonyl (C=O) groups excluding carboxylic acids is 2. The third-order valence-electron chi connectivity index (χ3n) is 5.81. The first-order valence-corrected chi connectivity index (χ1v) is 10.1. The summed E-state index contributed by atoms with van der Waals surface area (Å²) in [6.07, 6.45) is 2.99. The van der Waals surface area contributed by atoms with Gasteiger partial charge in [0.15, 0.2) is 0 Å². The fourth-order valence-electron chi connectivity index (χ4n) is 4.03. The highest BCUT2D eigenvalue weighted by Gasteiger charge is 2.46. The van der Waals surface area contributed by atoms with Gasteiger partial charge in [-0.15, -0.1) is 0 Å². The Kier molecular flexibility index (Phi) is 5.44. The molecule has 0 radical (unpaired) electrons. The zero-order valence-corrected chi connectivity index (χ0v) is 16.1. The largest absolute Gasteiger partial charge is 0.353 e. The number of carbonyl (C=O) groups is 2. The van der Waals surface area contributed by atoms with Crippen molar-refractivity contribution in [1.29, 1.82) is 0 Å². The van der Waals surface area contributed by atoms with Crippen LogP contribution in [-0.4, -0.2) is 42.4 Å². The number of hydrogen-bond acceptors (Lipinski definition) is 3. The molecule has 0 spiro atoms. The predicted molar refractivity (Wildman–Crippen MR) is 109 cm³/mol. The molecule has 2 N–H and O–H groups in total. The van der Waals surface area contributed by atoms with Crippen LogP contribution < -0.4 is 10.6 Å². The molecule has 0 unspecified atom stereocenters. The topological polar surface area (TPSA) is 61.4 Å². The smallest absolute Gasteiger partial charge is 0.237 e. The first-order chi connectivity index (χ1) is 13.7. The van der Waals surface area contributed by atoms with E-state index in [9.17, 15) is 9.59 Å². The molecule has 5 heteroatoms. The molecule has 4 rings (SSSR count). The predicted octanol–water partition coefficient (Wildman–Crippen LogP) is 2.23. The van der Waals surface area contributed by atoms with Crippen LogP contribution in [0.15, 0.2) is 60.7 Å². The Labute approximate surface area is 166 Å². The molecule has 2 aromatic carbocycles. The van der Waals surface area contributed by atoms with Gasteiger partial charge < -0.3 is 10.6 Å². The first-order valence-electron chi connectivity index (χ1n) is 10.1. The van der Waals surface area contributed by atoms with Crippen molar-refractivity contribution in [2.45, 2.75) is 37.3 Å². The Morgan fingerprint density at radius 3 is 2.43 bits per heavy atom. The van der Waals surface area contributed by atoms with E-state index in [1.54, 1.807) is 0 Å². The lowest BCUT2D eigenvalue weighted by atomic mass is 10.0. The highest BCUT2D eigenvalue weighted by molar-refractivity contribution is 5.89. The van der Waals surface area contributed by atoms with Crippen LogP contribution in [0, 0.1) is 0 Å². The number of rotatable bonds is 7. The molecule has 1 saturated carbocycles. The molecule has 1 atom stereocenters. The summed E-state index contributed by atoms with van der Waals surface area (Å²) >= 11 is 0. The standard InChI is InChI=1S/C23H27N3O2/c27-21(25-23(12-13-23)19-9-5-2-6-10-19)17-20-22(28)24-14-16-26(20)15-11-18-7-3-1-4-8-18/h1-10,20H,11-17H2,(H,24,28)(H,25,27)/t20-/m0/s1. The highest BCUT2D eigenvalue weighted by Crippen LogP contribution is 2.45. The van der Waals surface area contributed by atoms with Gasteiger partial charge in [-0.3, -0.25) is 14.5 Å². The summed E-state index contributed by atoms with van der Waals surface area (Å²) in [6, 6.07) is 20.0. The fraction of sp³-hybridized carbons (Fsp3) is 0.391. The molecule has 5 nitrogen and oxygen atoms in total. The van der Waals surface area contributed by atoms with Gasteiger partial charge in [-0.1, -0.05) is 60.7 Å². The molecule has 1 aliphatic heterocycles. The van der Waals surface area contributed by atoms with Gasteiger partial charge in [0.25, 0.3) is 0 Å². The fourth-order valence-corrected chi connectivity index (χ4v) is 4.03. The van der Waals surface area contributed by atoms with Crippen LogP contribution in [0.25, 0.3) is 0 Å². The van der Waals surface area contributed by atoms with Crippen LogP contribution >= 0.6 is 0 Å². The molecular weight excluding hydrogens is 350 g/mol. The summed E-state index contributed by atoms with van der Waals surface area (Å²) in [5.74, 6) is -0.0906. The molecule has 1 heterocycles. The average Bonchev–Trinajstić information content (AvgIpc) is 3.50. The van der Waals surface area contributed by atoms with Crippen LogP contribution in [0.5, 0.6) is 0 Å². The van der Waals surface area contributed by atoms with Gasteiger partial charge in [0, 0.05) is 19.6 Å². The molecular formula is C23H27N3O2. The zero-order valence-electron chi connectivity index (χ0n) is 16.1. The van der Waals surface area contributed by atoms with Crippen molar-refractivity contribution in [3.05, 3.63) is 71.8 Å². The molecule has 0 bridgehead atoms. The summed E-state index contributed by atoms with van der Waals surface area (Å²) < 4.78 is 0. The Bertz CT molecular complexity index is 818. The van der Waals surface area contributed by atoms with Crippen molar-refractivity contribution in [3.8, 4) is 0 Å². The van der Waals surface area contributed by atoms with Crippen LogP contribution in [0.2, 0.25) is 0 Å². The highest BCUT2D eigenvalue weighted by atomic mass is 16.2. The summed E-state index contributed by atoms with van der Waals surface area (Å²) in [6.45, 7) is 2.19. The summed E-state index contributed by atoms with van der Waals surface area (Å²) in [7, 11) is 0. The van der Waals surface area contributed by atoms with Crippen molar-refractivity contribution in [1.82, 2.24) is 15.5 Å². The zero-order chi connectivity index (χ0) is 19.4. The lowest BCUT2D eigenvalue weighted by Gasteiger charge is -2.35. The van der Waals surface area contributed by atoms with Gasteiger partial charge in [0.1, 0.15) is 0 Å². The lowest BCUT2D eigenvalue weighted by Crippen LogP contribution is -2.57. The quantitative estimate of drug-likeness (QED) is 0.778. The van der Waals surface area contributed by atoms with Gasteiger partial charge in [-0.2, -0.15) is 0 Å². The maximum absolute atomic E-state index is 12.8. The Hall–Kier alpha value is -2.66. The Morgan fingerprint density at radius 2 is 1.75 bits per heavy atom. The van der Waals surface area contributed by atoms with Crippen LogP contribution in [0.3, 0.4) is 0 Å². The molecule has 146 valence electrons. The normalized spacial score (nSPS) is 21.0. The average molecular weight is 377 g/mol. The van der Waals surface area contributed by atoms with E-state index in [-0.39, 0.29) is 23.8 Å². The second kappa shape index (κ2) is 8.15. The van der Waals surface area contributed by atoms with Crippen LogP contribution in [0.4, 0.5) is 0 Å². The van der Waals surface area contributed by atoms with Crippen molar-refractivity contribution in [3.63, 3.8) is 0 Å².